The van der Waals surface area contributed by atoms with Crippen molar-refractivity contribution in [2.24, 2.45) is 10.9 Å². The van der Waals surface area contributed by atoms with Crippen molar-refractivity contribution in [2.45, 2.75) is 13.0 Å². The Labute approximate surface area is 91.8 Å². The highest BCUT2D eigenvalue weighted by Crippen LogP contribution is 2.05. The SMILES string of the molecule is N/C(=N/O)c1cccc(CNCC(F)F)c1. The Kier molecular flexibility index (Phi) is 4.65. The number of halogens is 2. The van der Waals surface area contributed by atoms with Gasteiger partial charge < -0.3 is 16.3 Å². The minimum Gasteiger partial charge on any atom is -0.409 e. The zero-order valence-corrected chi connectivity index (χ0v) is 8.53. The van der Waals surface area contributed by atoms with E-state index in [1.807, 2.05) is 0 Å². The maximum absolute atomic E-state index is 11.9. The van der Waals surface area contributed by atoms with E-state index in [4.69, 9.17) is 10.9 Å². The van der Waals surface area contributed by atoms with Gasteiger partial charge in [0.1, 0.15) is 0 Å². The minimum absolute atomic E-state index is 0.00397. The van der Waals surface area contributed by atoms with Gasteiger partial charge in [-0.3, -0.25) is 0 Å². The van der Waals surface area contributed by atoms with E-state index in [1.165, 1.54) is 0 Å². The smallest absolute Gasteiger partial charge is 0.250 e. The molecule has 0 bridgehead atoms. The second-order valence-corrected chi connectivity index (χ2v) is 3.21. The standard InChI is InChI=1S/C10H13F2N3O/c11-9(12)6-14-5-7-2-1-3-8(4-7)10(13)15-16/h1-4,9,14,16H,5-6H2,(H2,13,15). The Morgan fingerprint density at radius 2 is 2.25 bits per heavy atom. The lowest BCUT2D eigenvalue weighted by molar-refractivity contribution is 0.145. The van der Waals surface area contributed by atoms with Crippen molar-refractivity contribution in [3.63, 3.8) is 0 Å². The number of amidine groups is 1. The highest BCUT2D eigenvalue weighted by Gasteiger charge is 2.03. The van der Waals surface area contributed by atoms with Crippen LogP contribution in [0.25, 0.3) is 0 Å². The molecular formula is C10H13F2N3O. The molecule has 0 unspecified atom stereocenters. The van der Waals surface area contributed by atoms with E-state index in [1.54, 1.807) is 24.3 Å². The maximum Gasteiger partial charge on any atom is 0.250 e. The summed E-state index contributed by atoms with van der Waals surface area (Å²) in [4.78, 5) is 0. The second kappa shape index (κ2) is 6.02. The van der Waals surface area contributed by atoms with Gasteiger partial charge >= 0.3 is 0 Å². The van der Waals surface area contributed by atoms with E-state index in [2.05, 4.69) is 10.5 Å². The predicted molar refractivity (Wildman–Crippen MR) is 56.7 cm³/mol. The fourth-order valence-electron chi connectivity index (χ4n) is 1.22. The molecule has 0 radical (unpaired) electrons. The van der Waals surface area contributed by atoms with Crippen molar-refractivity contribution in [2.75, 3.05) is 6.54 Å². The summed E-state index contributed by atoms with van der Waals surface area (Å²) in [7, 11) is 0. The largest absolute Gasteiger partial charge is 0.409 e. The van der Waals surface area contributed by atoms with Crippen LogP contribution < -0.4 is 11.1 Å². The van der Waals surface area contributed by atoms with Gasteiger partial charge in [-0.15, -0.1) is 0 Å². The van der Waals surface area contributed by atoms with Gasteiger partial charge in [0.05, 0.1) is 6.54 Å². The third-order valence-corrected chi connectivity index (χ3v) is 1.96. The lowest BCUT2D eigenvalue weighted by Crippen LogP contribution is -2.21. The summed E-state index contributed by atoms with van der Waals surface area (Å²) >= 11 is 0. The molecule has 16 heavy (non-hydrogen) atoms. The number of alkyl halides is 2. The van der Waals surface area contributed by atoms with E-state index in [0.717, 1.165) is 5.56 Å². The Hall–Kier alpha value is -1.69. The van der Waals surface area contributed by atoms with Crippen LogP contribution in [-0.4, -0.2) is 24.0 Å². The highest BCUT2D eigenvalue weighted by molar-refractivity contribution is 5.97. The van der Waals surface area contributed by atoms with Crippen molar-refractivity contribution in [3.8, 4) is 0 Å². The summed E-state index contributed by atoms with van der Waals surface area (Å²) in [5.41, 5.74) is 6.75. The first-order chi connectivity index (χ1) is 7.63. The summed E-state index contributed by atoms with van der Waals surface area (Å²) in [5, 5.41) is 13.9. The molecule has 0 amide bonds. The van der Waals surface area contributed by atoms with Crippen molar-refractivity contribution in [1.82, 2.24) is 5.32 Å². The van der Waals surface area contributed by atoms with Crippen molar-refractivity contribution in [3.05, 3.63) is 35.4 Å². The molecule has 0 atom stereocenters. The van der Waals surface area contributed by atoms with E-state index < -0.39 is 6.43 Å². The molecular weight excluding hydrogens is 216 g/mol. The van der Waals surface area contributed by atoms with Gasteiger partial charge in [0.25, 0.3) is 6.43 Å². The fourth-order valence-corrected chi connectivity index (χ4v) is 1.22. The first-order valence-corrected chi connectivity index (χ1v) is 4.69. The van der Waals surface area contributed by atoms with Gasteiger partial charge in [-0.05, 0) is 11.6 Å². The van der Waals surface area contributed by atoms with Crippen LogP contribution >= 0.6 is 0 Å². The molecule has 0 spiro atoms. The molecule has 0 fully saturated rings. The normalized spacial score (nSPS) is 12.1. The molecule has 0 aromatic heterocycles. The number of nitrogens with zero attached hydrogens (tertiary/aromatic N) is 1. The summed E-state index contributed by atoms with van der Waals surface area (Å²) in [6, 6.07) is 6.83. The third kappa shape index (κ3) is 3.82. The van der Waals surface area contributed by atoms with Crippen LogP contribution in [-0.2, 0) is 6.54 Å². The average Bonchev–Trinajstić information content (AvgIpc) is 2.28. The maximum atomic E-state index is 11.9. The number of hydrogen-bond donors (Lipinski definition) is 3. The summed E-state index contributed by atoms with van der Waals surface area (Å²) in [6.45, 7) is -0.0370. The fraction of sp³-hybridized carbons (Fsp3) is 0.300. The number of rotatable bonds is 5. The number of oxime groups is 1. The van der Waals surface area contributed by atoms with Gasteiger partial charge in [0.2, 0.25) is 0 Å². The van der Waals surface area contributed by atoms with Crippen molar-refractivity contribution in [1.29, 1.82) is 0 Å². The van der Waals surface area contributed by atoms with E-state index in [9.17, 15) is 8.78 Å². The zero-order chi connectivity index (χ0) is 12.0. The van der Waals surface area contributed by atoms with Gasteiger partial charge in [0, 0.05) is 12.1 Å². The monoisotopic (exact) mass is 229 g/mol. The number of hydrogen-bond acceptors (Lipinski definition) is 3. The lowest BCUT2D eigenvalue weighted by Gasteiger charge is -2.05. The molecule has 1 rings (SSSR count). The first kappa shape index (κ1) is 12.4. The van der Waals surface area contributed by atoms with Gasteiger partial charge in [-0.2, -0.15) is 0 Å². The number of nitrogens with two attached hydrogens (primary N) is 1. The van der Waals surface area contributed by atoms with Gasteiger partial charge in [-0.25, -0.2) is 8.78 Å². The van der Waals surface area contributed by atoms with Crippen LogP contribution in [0.2, 0.25) is 0 Å². The minimum atomic E-state index is -2.37. The third-order valence-electron chi connectivity index (χ3n) is 1.96. The zero-order valence-electron chi connectivity index (χ0n) is 8.53. The highest BCUT2D eigenvalue weighted by atomic mass is 19.3. The van der Waals surface area contributed by atoms with Crippen LogP contribution in [0.3, 0.4) is 0 Å². The molecule has 0 aliphatic carbocycles. The van der Waals surface area contributed by atoms with E-state index >= 15 is 0 Å². The van der Waals surface area contributed by atoms with Crippen LogP contribution in [0.4, 0.5) is 8.78 Å². The Morgan fingerprint density at radius 3 is 2.88 bits per heavy atom. The number of nitrogens with one attached hydrogen (secondary N) is 1. The summed E-state index contributed by atoms with van der Waals surface area (Å²) in [5.74, 6) is -0.00397. The Morgan fingerprint density at radius 1 is 1.50 bits per heavy atom. The summed E-state index contributed by atoms with van der Waals surface area (Å²) in [6.07, 6.45) is -2.37. The van der Waals surface area contributed by atoms with Crippen LogP contribution in [0, 0.1) is 0 Å². The van der Waals surface area contributed by atoms with Gasteiger partial charge in [-0.1, -0.05) is 23.4 Å². The predicted octanol–water partition coefficient (Wildman–Crippen LogP) is 1.14. The summed E-state index contributed by atoms with van der Waals surface area (Å²) < 4.78 is 23.7. The molecule has 1 aromatic carbocycles. The molecule has 6 heteroatoms. The van der Waals surface area contributed by atoms with E-state index in [0.29, 0.717) is 12.1 Å². The molecule has 0 aliphatic rings. The van der Waals surface area contributed by atoms with Crippen LogP contribution in [0.1, 0.15) is 11.1 Å². The van der Waals surface area contributed by atoms with Crippen LogP contribution in [0.15, 0.2) is 29.4 Å². The molecule has 88 valence electrons. The van der Waals surface area contributed by atoms with Gasteiger partial charge in [0.15, 0.2) is 5.84 Å². The van der Waals surface area contributed by atoms with Crippen molar-refractivity contribution >= 4 is 5.84 Å². The molecule has 0 saturated heterocycles. The molecule has 1 aromatic rings. The lowest BCUT2D eigenvalue weighted by atomic mass is 10.1. The Balaban J connectivity index is 2.61. The number of benzene rings is 1. The molecule has 4 nitrogen and oxygen atoms in total. The molecule has 0 heterocycles. The quantitative estimate of drug-likeness (QED) is 0.307. The molecule has 4 N–H and O–H groups in total. The first-order valence-electron chi connectivity index (χ1n) is 4.69. The van der Waals surface area contributed by atoms with E-state index in [-0.39, 0.29) is 12.4 Å². The van der Waals surface area contributed by atoms with Crippen LogP contribution in [0.5, 0.6) is 0 Å². The molecule has 0 aliphatic heterocycles. The topological polar surface area (TPSA) is 70.6 Å². The Bertz CT molecular complexity index is 369. The van der Waals surface area contributed by atoms with Crippen molar-refractivity contribution < 1.29 is 14.0 Å². The second-order valence-electron chi connectivity index (χ2n) is 3.21. The average molecular weight is 229 g/mol. The molecule has 0 saturated carbocycles.